The Hall–Kier alpha value is -3.06. The molecule has 1 aliphatic rings. The molecule has 0 atom stereocenters. The van der Waals surface area contributed by atoms with Crippen molar-refractivity contribution in [2.24, 2.45) is 0 Å². The number of carbonyl (C=O) groups excluding carboxylic acids is 2. The lowest BCUT2D eigenvalue weighted by molar-refractivity contribution is -0.125. The molecule has 0 saturated heterocycles. The van der Waals surface area contributed by atoms with Crippen LogP contribution in [0.1, 0.15) is 19.4 Å². The molecule has 4 rings (SSSR count). The molecule has 134 valence electrons. The number of hydrogen-bond donors (Lipinski definition) is 1. The summed E-state index contributed by atoms with van der Waals surface area (Å²) in [4.78, 5) is 33.6. The molecular weight excluding hydrogens is 362 g/mol. The van der Waals surface area contributed by atoms with Gasteiger partial charge in [-0.1, -0.05) is 11.8 Å². The van der Waals surface area contributed by atoms with Crippen LogP contribution >= 0.6 is 11.8 Å². The highest BCUT2D eigenvalue weighted by molar-refractivity contribution is 8.03. The van der Waals surface area contributed by atoms with E-state index >= 15 is 0 Å². The maximum absolute atomic E-state index is 12.4. The number of rotatable bonds is 4. The normalized spacial score (nSPS) is 14.8. The first kappa shape index (κ1) is 17.4. The number of fused-ring (bicyclic) bond motifs is 1. The molecule has 6 nitrogen and oxygen atoms in total. The Morgan fingerprint density at radius 2 is 1.96 bits per heavy atom. The number of nitrogens with one attached hydrogen (secondary N) is 1. The van der Waals surface area contributed by atoms with Crippen LogP contribution in [0.4, 0.5) is 0 Å². The second kappa shape index (κ2) is 6.28. The van der Waals surface area contributed by atoms with Gasteiger partial charge in [0.25, 0.3) is 0 Å². The molecule has 3 aromatic rings. The van der Waals surface area contributed by atoms with Gasteiger partial charge in [-0.3, -0.25) is 14.6 Å². The fraction of sp³-hybridized carbons (Fsp3) is 0.150. The summed E-state index contributed by atoms with van der Waals surface area (Å²) in [7, 11) is 0. The summed E-state index contributed by atoms with van der Waals surface area (Å²) in [6, 6.07) is 9.02. The van der Waals surface area contributed by atoms with Gasteiger partial charge >= 0.3 is 0 Å². The van der Waals surface area contributed by atoms with Crippen molar-refractivity contribution in [2.75, 3.05) is 0 Å². The number of ketones is 2. The van der Waals surface area contributed by atoms with Crippen LogP contribution in [0.3, 0.4) is 0 Å². The number of thioether (sulfide) groups is 1. The molecule has 7 heteroatoms. The number of nitrogens with zero attached hydrogens (tertiary/aromatic N) is 2. The maximum Gasteiger partial charge on any atom is 0.179 e. The minimum atomic E-state index is -1.57. The van der Waals surface area contributed by atoms with E-state index in [1.54, 1.807) is 42.9 Å². The number of hydrogen-bond acceptors (Lipinski definition) is 7. The minimum Gasteiger partial charge on any atom is -0.464 e. The Morgan fingerprint density at radius 1 is 1.19 bits per heavy atom. The van der Waals surface area contributed by atoms with Crippen LogP contribution in [-0.4, -0.2) is 32.0 Å². The van der Waals surface area contributed by atoms with Gasteiger partial charge in [-0.05, 0) is 44.2 Å². The fourth-order valence-corrected chi connectivity index (χ4v) is 4.48. The van der Waals surface area contributed by atoms with E-state index in [9.17, 15) is 9.59 Å². The molecule has 0 bridgehead atoms. The molecule has 0 amide bonds. The number of carbonyl (C=O) groups is 2. The lowest BCUT2D eigenvalue weighted by atomic mass is 9.87. The van der Waals surface area contributed by atoms with Gasteiger partial charge in [0, 0.05) is 29.1 Å². The van der Waals surface area contributed by atoms with Gasteiger partial charge < -0.3 is 9.83 Å². The van der Waals surface area contributed by atoms with Gasteiger partial charge in [-0.15, -0.1) is 0 Å². The average Bonchev–Trinajstić information content (AvgIpc) is 3.29. The minimum absolute atomic E-state index is 0.0425. The van der Waals surface area contributed by atoms with E-state index in [1.165, 1.54) is 13.8 Å². The van der Waals surface area contributed by atoms with Gasteiger partial charge in [-0.2, -0.15) is 0 Å². The first-order chi connectivity index (χ1) is 12.9. The largest absolute Gasteiger partial charge is 0.464 e. The molecule has 1 N–H and O–H groups in total. The van der Waals surface area contributed by atoms with E-state index in [0.29, 0.717) is 27.6 Å². The van der Waals surface area contributed by atoms with E-state index < -0.39 is 4.75 Å². The molecular formula is C20H15N3O3S. The molecule has 3 aromatic heterocycles. The van der Waals surface area contributed by atoms with Crippen LogP contribution in [0.15, 0.2) is 58.4 Å². The fourth-order valence-electron chi connectivity index (χ4n) is 3.24. The Labute approximate surface area is 159 Å². The molecule has 1 aliphatic heterocycles. The lowest BCUT2D eigenvalue weighted by Gasteiger charge is -2.21. The summed E-state index contributed by atoms with van der Waals surface area (Å²) in [5, 5.41) is 9.13. The summed E-state index contributed by atoms with van der Waals surface area (Å²) < 4.78 is 3.99. The van der Waals surface area contributed by atoms with Gasteiger partial charge in [0.1, 0.15) is 10.8 Å². The lowest BCUT2D eigenvalue weighted by Crippen LogP contribution is -2.45. The third-order valence-corrected chi connectivity index (χ3v) is 6.15. The Morgan fingerprint density at radius 3 is 2.56 bits per heavy atom. The van der Waals surface area contributed by atoms with Gasteiger partial charge in [0.05, 0.1) is 17.7 Å². The van der Waals surface area contributed by atoms with E-state index in [0.717, 1.165) is 17.3 Å². The first-order valence-corrected chi connectivity index (χ1v) is 9.06. The first-order valence-electron chi connectivity index (χ1n) is 8.25. The molecule has 0 radical (unpaired) electrons. The van der Waals surface area contributed by atoms with Crippen molar-refractivity contribution in [2.45, 2.75) is 23.6 Å². The van der Waals surface area contributed by atoms with Crippen LogP contribution < -0.4 is 0 Å². The number of pyridine rings is 2. The second-order valence-corrected chi connectivity index (χ2v) is 7.43. The van der Waals surface area contributed by atoms with Crippen LogP contribution in [0.25, 0.3) is 22.6 Å². The number of aromatic nitrogens is 2. The van der Waals surface area contributed by atoms with Gasteiger partial charge in [0.15, 0.2) is 16.3 Å². The Bertz CT molecular complexity index is 1060. The summed E-state index contributed by atoms with van der Waals surface area (Å²) in [5.41, 5.74) is 2.48. The highest BCUT2D eigenvalue weighted by atomic mass is 32.2. The van der Waals surface area contributed by atoms with Crippen molar-refractivity contribution in [1.29, 1.82) is 5.41 Å². The third kappa shape index (κ3) is 2.54. The van der Waals surface area contributed by atoms with Crippen molar-refractivity contribution < 1.29 is 14.0 Å². The Balaban J connectivity index is 2.00. The number of Topliss-reactive ketones (excluding diaryl/α,β-unsaturated/α-hetero) is 2. The number of furan rings is 1. The second-order valence-electron chi connectivity index (χ2n) is 6.22. The predicted octanol–water partition coefficient (Wildman–Crippen LogP) is 3.79. The van der Waals surface area contributed by atoms with E-state index in [-0.39, 0.29) is 17.3 Å². The summed E-state index contributed by atoms with van der Waals surface area (Å²) in [6.07, 6.45) is 4.90. The van der Waals surface area contributed by atoms with Crippen LogP contribution in [0.2, 0.25) is 0 Å². The summed E-state index contributed by atoms with van der Waals surface area (Å²) in [5.74, 6) is -0.209. The zero-order valence-corrected chi connectivity index (χ0v) is 15.5. The third-order valence-electron chi connectivity index (χ3n) is 4.57. The van der Waals surface area contributed by atoms with Gasteiger partial charge in [-0.25, -0.2) is 4.98 Å². The van der Waals surface area contributed by atoms with Crippen molar-refractivity contribution >= 4 is 29.0 Å². The van der Waals surface area contributed by atoms with Crippen molar-refractivity contribution in [3.63, 3.8) is 0 Å². The summed E-state index contributed by atoms with van der Waals surface area (Å²) in [6.45, 7) is 2.67. The predicted molar refractivity (Wildman–Crippen MR) is 102 cm³/mol. The molecule has 0 aromatic carbocycles. The quantitative estimate of drug-likeness (QED) is 0.695. The van der Waals surface area contributed by atoms with Crippen LogP contribution in [0.5, 0.6) is 0 Å². The van der Waals surface area contributed by atoms with Crippen molar-refractivity contribution in [3.8, 4) is 22.6 Å². The molecule has 0 unspecified atom stereocenters. The molecule has 0 aliphatic carbocycles. The molecule has 0 spiro atoms. The van der Waals surface area contributed by atoms with Crippen LogP contribution in [0, 0.1) is 5.41 Å². The SMILES string of the molecule is CC(=O)C1(C(C)=O)Sc2nc(-c3cccnc3)cc(-c3ccco3)c2C1=N. The zero-order chi connectivity index (χ0) is 19.2. The molecule has 0 fully saturated rings. The van der Waals surface area contributed by atoms with E-state index in [4.69, 9.17) is 9.83 Å². The smallest absolute Gasteiger partial charge is 0.179 e. The van der Waals surface area contributed by atoms with Gasteiger partial charge in [0.2, 0.25) is 0 Å². The monoisotopic (exact) mass is 377 g/mol. The molecule has 27 heavy (non-hydrogen) atoms. The van der Waals surface area contributed by atoms with E-state index in [2.05, 4.69) is 9.97 Å². The topological polar surface area (TPSA) is 96.9 Å². The van der Waals surface area contributed by atoms with Crippen LogP contribution in [-0.2, 0) is 9.59 Å². The summed E-state index contributed by atoms with van der Waals surface area (Å²) >= 11 is 1.03. The molecule has 4 heterocycles. The van der Waals surface area contributed by atoms with Crippen molar-refractivity contribution in [1.82, 2.24) is 9.97 Å². The zero-order valence-electron chi connectivity index (χ0n) is 14.6. The maximum atomic E-state index is 12.4. The Kier molecular flexibility index (Phi) is 4.04. The van der Waals surface area contributed by atoms with Crippen molar-refractivity contribution in [3.05, 3.63) is 54.6 Å². The highest BCUT2D eigenvalue weighted by Gasteiger charge is 2.53. The highest BCUT2D eigenvalue weighted by Crippen LogP contribution is 2.49. The average molecular weight is 377 g/mol. The standard InChI is InChI=1S/C20H15N3O3S/c1-11(24)20(12(2)25)18(21)17-14(16-6-4-8-26-16)9-15(23-19(17)27-20)13-5-3-7-22-10-13/h3-10,21H,1-2H3. The van der Waals surface area contributed by atoms with E-state index in [1.807, 2.05) is 6.07 Å². The molecule has 0 saturated carbocycles.